The Hall–Kier alpha value is -0.0800. The van der Waals surface area contributed by atoms with Gasteiger partial charge in [0.25, 0.3) is 0 Å². The lowest BCUT2D eigenvalue weighted by Crippen LogP contribution is -2.30. The van der Waals surface area contributed by atoms with Crippen LogP contribution >= 0.6 is 0 Å². The molecule has 0 heterocycles. The molecule has 1 rings (SSSR count). The van der Waals surface area contributed by atoms with Crippen molar-refractivity contribution in [2.75, 3.05) is 6.54 Å². The lowest BCUT2D eigenvalue weighted by molar-refractivity contribution is -0.0386. The van der Waals surface area contributed by atoms with Gasteiger partial charge < -0.3 is 10.5 Å². The summed E-state index contributed by atoms with van der Waals surface area (Å²) in [4.78, 5) is 0. The average Bonchev–Trinajstić information content (AvgIpc) is 1.78. The first-order chi connectivity index (χ1) is 4.33. The number of hydrogen-bond donors (Lipinski definition) is 1. The van der Waals surface area contributed by atoms with Crippen molar-refractivity contribution in [3.8, 4) is 0 Å². The van der Waals surface area contributed by atoms with Crippen LogP contribution < -0.4 is 5.73 Å². The molecule has 0 aliphatic heterocycles. The predicted molar refractivity (Wildman–Crippen MR) is 37.2 cm³/mol. The van der Waals surface area contributed by atoms with Gasteiger partial charge in [0.05, 0.1) is 12.2 Å². The Kier molecular flexibility index (Phi) is 2.49. The monoisotopic (exact) mass is 129 g/mol. The maximum atomic E-state index is 5.51. The van der Waals surface area contributed by atoms with Crippen molar-refractivity contribution in [3.63, 3.8) is 0 Å². The molecule has 1 saturated carbocycles. The van der Waals surface area contributed by atoms with Gasteiger partial charge in [-0.3, -0.25) is 0 Å². The molecule has 1 aliphatic carbocycles. The Bertz CT molecular complexity index is 78.2. The fraction of sp³-hybridized carbons (Fsp3) is 1.00. The zero-order valence-corrected chi connectivity index (χ0v) is 5.97. The summed E-state index contributed by atoms with van der Waals surface area (Å²) >= 11 is 0. The Balaban J connectivity index is 2.01. The summed E-state index contributed by atoms with van der Waals surface area (Å²) in [7, 11) is 0. The maximum Gasteiger partial charge on any atom is 0.0672 e. The minimum atomic E-state index is 0.260. The summed E-state index contributed by atoms with van der Waals surface area (Å²) in [6.07, 6.45) is 4.61. The molecule has 2 N–H and O–H groups in total. The first kappa shape index (κ1) is 7.03. The van der Waals surface area contributed by atoms with Crippen LogP contribution in [0.25, 0.3) is 0 Å². The van der Waals surface area contributed by atoms with Crippen LogP contribution in [0.2, 0.25) is 0 Å². The highest BCUT2D eigenvalue weighted by Crippen LogP contribution is 2.22. The van der Waals surface area contributed by atoms with Crippen molar-refractivity contribution in [2.24, 2.45) is 5.73 Å². The zero-order valence-electron chi connectivity index (χ0n) is 5.97. The predicted octanol–water partition coefficient (Wildman–Crippen LogP) is 0.903. The van der Waals surface area contributed by atoms with Gasteiger partial charge in [0.15, 0.2) is 0 Å². The summed E-state index contributed by atoms with van der Waals surface area (Å²) < 4.78 is 5.51. The van der Waals surface area contributed by atoms with Crippen molar-refractivity contribution in [1.82, 2.24) is 0 Å². The summed E-state index contributed by atoms with van der Waals surface area (Å²) in [6, 6.07) is 0. The summed E-state index contributed by atoms with van der Waals surface area (Å²) in [5, 5.41) is 0. The molecule has 0 aromatic carbocycles. The molecule has 2 nitrogen and oxygen atoms in total. The molecular weight excluding hydrogens is 114 g/mol. The van der Waals surface area contributed by atoms with Gasteiger partial charge in [-0.15, -0.1) is 0 Å². The van der Waals surface area contributed by atoms with Crippen LogP contribution in [0.4, 0.5) is 0 Å². The number of hydrogen-bond acceptors (Lipinski definition) is 2. The molecule has 0 radical (unpaired) electrons. The van der Waals surface area contributed by atoms with Crippen LogP contribution in [0.5, 0.6) is 0 Å². The Morgan fingerprint density at radius 1 is 1.67 bits per heavy atom. The second-order valence-corrected chi connectivity index (χ2v) is 2.74. The van der Waals surface area contributed by atoms with Crippen LogP contribution in [0.1, 0.15) is 26.2 Å². The lowest BCUT2D eigenvalue weighted by Gasteiger charge is -2.28. The van der Waals surface area contributed by atoms with E-state index in [0.29, 0.717) is 12.6 Å². The Morgan fingerprint density at radius 2 is 2.33 bits per heavy atom. The largest absolute Gasteiger partial charge is 0.374 e. The second-order valence-electron chi connectivity index (χ2n) is 2.74. The highest BCUT2D eigenvalue weighted by Gasteiger charge is 2.19. The van der Waals surface area contributed by atoms with Gasteiger partial charge in [-0.2, -0.15) is 0 Å². The van der Waals surface area contributed by atoms with Crippen LogP contribution in [0, 0.1) is 0 Å². The highest BCUT2D eigenvalue weighted by atomic mass is 16.5. The third kappa shape index (κ3) is 1.95. The van der Waals surface area contributed by atoms with E-state index in [4.69, 9.17) is 10.5 Å². The number of nitrogens with two attached hydrogens (primary N) is 1. The summed E-state index contributed by atoms with van der Waals surface area (Å²) in [5.74, 6) is 0. The summed E-state index contributed by atoms with van der Waals surface area (Å²) in [5.41, 5.74) is 5.37. The molecule has 0 amide bonds. The Labute approximate surface area is 56.4 Å². The molecule has 0 aromatic rings. The molecule has 1 aliphatic rings. The van der Waals surface area contributed by atoms with Gasteiger partial charge >= 0.3 is 0 Å². The van der Waals surface area contributed by atoms with Crippen LogP contribution in [0.15, 0.2) is 0 Å². The molecule has 1 atom stereocenters. The fourth-order valence-electron chi connectivity index (χ4n) is 0.891. The van der Waals surface area contributed by atoms with E-state index in [1.807, 2.05) is 6.92 Å². The molecule has 0 bridgehead atoms. The molecule has 54 valence electrons. The molecule has 0 saturated heterocycles. The van der Waals surface area contributed by atoms with Gasteiger partial charge in [-0.05, 0) is 26.2 Å². The van der Waals surface area contributed by atoms with Crippen LogP contribution in [-0.2, 0) is 4.74 Å². The minimum Gasteiger partial charge on any atom is -0.374 e. The smallest absolute Gasteiger partial charge is 0.0672 e. The molecule has 0 unspecified atom stereocenters. The molecule has 2 heteroatoms. The van der Waals surface area contributed by atoms with Crippen LogP contribution in [0.3, 0.4) is 0 Å². The zero-order chi connectivity index (χ0) is 6.69. The van der Waals surface area contributed by atoms with E-state index < -0.39 is 0 Å². The van der Waals surface area contributed by atoms with E-state index in [1.165, 1.54) is 19.3 Å². The van der Waals surface area contributed by atoms with Crippen LogP contribution in [-0.4, -0.2) is 18.8 Å². The maximum absolute atomic E-state index is 5.51. The highest BCUT2D eigenvalue weighted by molar-refractivity contribution is 4.70. The third-order valence-corrected chi connectivity index (χ3v) is 1.81. The van der Waals surface area contributed by atoms with Gasteiger partial charge in [0, 0.05) is 6.54 Å². The first-order valence-corrected chi connectivity index (χ1v) is 3.68. The van der Waals surface area contributed by atoms with Gasteiger partial charge in [0.1, 0.15) is 0 Å². The fourth-order valence-corrected chi connectivity index (χ4v) is 0.891. The first-order valence-electron chi connectivity index (χ1n) is 3.68. The van der Waals surface area contributed by atoms with Crippen molar-refractivity contribution in [1.29, 1.82) is 0 Å². The van der Waals surface area contributed by atoms with E-state index in [2.05, 4.69) is 0 Å². The molecule has 1 fully saturated rings. The molecular formula is C7H15NO. The average molecular weight is 129 g/mol. The van der Waals surface area contributed by atoms with E-state index in [-0.39, 0.29) is 6.10 Å². The number of rotatable bonds is 3. The van der Waals surface area contributed by atoms with E-state index in [9.17, 15) is 0 Å². The van der Waals surface area contributed by atoms with Gasteiger partial charge in [-0.1, -0.05) is 0 Å². The topological polar surface area (TPSA) is 35.2 Å². The van der Waals surface area contributed by atoms with E-state index in [1.54, 1.807) is 0 Å². The van der Waals surface area contributed by atoms with Crippen molar-refractivity contribution < 1.29 is 4.74 Å². The lowest BCUT2D eigenvalue weighted by atomic mass is 9.96. The van der Waals surface area contributed by atoms with Gasteiger partial charge in [0.2, 0.25) is 0 Å². The summed E-state index contributed by atoms with van der Waals surface area (Å²) in [6.45, 7) is 2.68. The quantitative estimate of drug-likeness (QED) is 0.614. The molecule has 0 spiro atoms. The Morgan fingerprint density at radius 3 is 2.67 bits per heavy atom. The standard InChI is InChI=1S/C7H15NO/c1-6(5-8)9-7-3-2-4-7/h6-7H,2-5,8H2,1H3/t6-/m1/s1. The van der Waals surface area contributed by atoms with E-state index in [0.717, 1.165) is 0 Å². The molecule has 0 aromatic heterocycles. The van der Waals surface area contributed by atoms with E-state index >= 15 is 0 Å². The minimum absolute atomic E-state index is 0.260. The second kappa shape index (κ2) is 3.18. The van der Waals surface area contributed by atoms with Crippen molar-refractivity contribution >= 4 is 0 Å². The third-order valence-electron chi connectivity index (χ3n) is 1.81. The van der Waals surface area contributed by atoms with Gasteiger partial charge in [-0.25, -0.2) is 0 Å². The normalized spacial score (nSPS) is 23.3. The SMILES string of the molecule is C[C@H](CN)OC1CCC1. The molecule has 9 heavy (non-hydrogen) atoms. The van der Waals surface area contributed by atoms with Crippen molar-refractivity contribution in [2.45, 2.75) is 38.4 Å². The van der Waals surface area contributed by atoms with Crippen molar-refractivity contribution in [3.05, 3.63) is 0 Å². The number of ether oxygens (including phenoxy) is 1.